The van der Waals surface area contributed by atoms with E-state index in [1.165, 1.54) is 94.5 Å². The van der Waals surface area contributed by atoms with Crippen molar-refractivity contribution in [2.75, 3.05) is 0 Å². The molecule has 1 aromatic rings. The molecular weight excluding hydrogens is 342 g/mol. The Kier molecular flexibility index (Phi) is 7.72. The average molecular weight is 379 g/mol. The predicted octanol–water partition coefficient (Wildman–Crippen LogP) is 7.46. The van der Waals surface area contributed by atoms with Crippen LogP contribution in [-0.2, 0) is 0 Å². The normalized spacial score (nSPS) is 29.7. The minimum atomic E-state index is -0.721. The van der Waals surface area contributed by atoms with Crippen LogP contribution in [0.3, 0.4) is 0 Å². The second-order valence-corrected chi connectivity index (χ2v) is 12.5. The summed E-state index contributed by atoms with van der Waals surface area (Å²) in [6.45, 7) is 2.30. The molecule has 0 N–H and O–H groups in total. The molecule has 0 atom stereocenters. The van der Waals surface area contributed by atoms with Crippen LogP contribution < -0.4 is 0 Å². The third-order valence-electron chi connectivity index (χ3n) is 7.18. The van der Waals surface area contributed by atoms with Crippen LogP contribution >= 0.6 is 0 Å². The van der Waals surface area contributed by atoms with Gasteiger partial charge in [0.2, 0.25) is 0 Å². The first-order chi connectivity index (χ1) is 12.7. The fourth-order valence-corrected chi connectivity index (χ4v) is 8.88. The van der Waals surface area contributed by atoms with Crippen LogP contribution in [-0.4, -0.2) is 8.80 Å². The maximum absolute atomic E-state index is 13.5. The number of hydrogen-bond acceptors (Lipinski definition) is 0. The smallest absolute Gasteiger partial charge is 0.159 e. The van der Waals surface area contributed by atoms with E-state index < -0.39 is 20.4 Å². The van der Waals surface area contributed by atoms with Gasteiger partial charge in [-0.1, -0.05) is 82.5 Å². The molecule has 0 bridgehead atoms. The number of hydrogen-bond donors (Lipinski definition) is 0. The monoisotopic (exact) mass is 378 g/mol. The van der Waals surface area contributed by atoms with Crippen LogP contribution in [0, 0.1) is 23.5 Å². The van der Waals surface area contributed by atoms with Crippen molar-refractivity contribution in [3.8, 4) is 0 Å². The molecule has 1 saturated carbocycles. The van der Waals surface area contributed by atoms with Crippen LogP contribution in [0.1, 0.15) is 82.6 Å². The SMILES string of the molecule is CCCC[C@H]1CC[C@H](CC[Si@H]2CC[C@H](c3ccc(F)c(F)c3)CC2)CC1. The van der Waals surface area contributed by atoms with E-state index >= 15 is 0 Å². The molecule has 1 aliphatic heterocycles. The Hall–Kier alpha value is -0.703. The lowest BCUT2D eigenvalue weighted by Crippen LogP contribution is -2.22. The van der Waals surface area contributed by atoms with Gasteiger partial charge in [0.1, 0.15) is 0 Å². The van der Waals surface area contributed by atoms with Gasteiger partial charge in [0.25, 0.3) is 0 Å². The molecule has 0 amide bonds. The summed E-state index contributed by atoms with van der Waals surface area (Å²) in [6, 6.07) is 8.84. The van der Waals surface area contributed by atoms with Crippen molar-refractivity contribution in [2.45, 2.75) is 95.2 Å². The van der Waals surface area contributed by atoms with E-state index in [1.807, 2.05) is 0 Å². The summed E-state index contributed by atoms with van der Waals surface area (Å²) in [5.74, 6) is 1.08. The molecular formula is C23H36F2Si. The van der Waals surface area contributed by atoms with Gasteiger partial charge in [0.05, 0.1) is 0 Å². The number of rotatable bonds is 7. The van der Waals surface area contributed by atoms with Crippen molar-refractivity contribution in [1.82, 2.24) is 0 Å². The lowest BCUT2D eigenvalue weighted by molar-refractivity contribution is 0.254. The molecule has 1 saturated heterocycles. The number of halogens is 2. The lowest BCUT2D eigenvalue weighted by Gasteiger charge is -2.31. The van der Waals surface area contributed by atoms with Crippen molar-refractivity contribution in [2.24, 2.45) is 11.8 Å². The van der Waals surface area contributed by atoms with E-state index in [1.54, 1.807) is 6.07 Å². The molecule has 1 heterocycles. The fraction of sp³-hybridized carbons (Fsp3) is 0.739. The van der Waals surface area contributed by atoms with Gasteiger partial charge in [0.15, 0.2) is 11.6 Å². The standard InChI is InChI=1S/C23H36F2Si/c1-2-3-4-18-5-7-19(8-6-18)11-14-26-15-12-20(13-16-26)21-9-10-22(24)23(25)17-21/h9-10,17-20,26H,2-8,11-16H2,1H3/t18-,19-,20-,26-. The quantitative estimate of drug-likeness (QED) is 0.432. The minimum absolute atomic E-state index is 0.461. The second-order valence-electron chi connectivity index (χ2n) is 9.00. The summed E-state index contributed by atoms with van der Waals surface area (Å²) in [4.78, 5) is 0. The lowest BCUT2D eigenvalue weighted by atomic mass is 9.79. The van der Waals surface area contributed by atoms with Gasteiger partial charge in [-0.15, -0.1) is 0 Å². The molecule has 0 nitrogen and oxygen atoms in total. The summed E-state index contributed by atoms with van der Waals surface area (Å²) in [5, 5.41) is 0. The predicted molar refractivity (Wildman–Crippen MR) is 109 cm³/mol. The Morgan fingerprint density at radius 1 is 0.885 bits per heavy atom. The zero-order chi connectivity index (χ0) is 18.4. The van der Waals surface area contributed by atoms with Crippen LogP contribution in [0.25, 0.3) is 0 Å². The summed E-state index contributed by atoms with van der Waals surface area (Å²) < 4.78 is 26.6. The highest BCUT2D eigenvalue weighted by Crippen LogP contribution is 2.38. The second kappa shape index (κ2) is 10.0. The summed E-state index contributed by atoms with van der Waals surface area (Å²) in [6.07, 6.45) is 14.0. The molecule has 3 rings (SSSR count). The van der Waals surface area contributed by atoms with Crippen LogP contribution in [0.2, 0.25) is 18.1 Å². The number of unbranched alkanes of at least 4 members (excludes halogenated alkanes) is 1. The van der Waals surface area contributed by atoms with E-state index in [0.717, 1.165) is 17.4 Å². The first-order valence-corrected chi connectivity index (χ1v) is 13.6. The molecule has 0 aromatic heterocycles. The van der Waals surface area contributed by atoms with E-state index in [0.29, 0.717) is 5.92 Å². The summed E-state index contributed by atoms with van der Waals surface area (Å²) in [5.41, 5.74) is 1.02. The highest BCUT2D eigenvalue weighted by atomic mass is 28.3. The van der Waals surface area contributed by atoms with Crippen molar-refractivity contribution in [1.29, 1.82) is 0 Å². The molecule has 2 fully saturated rings. The van der Waals surface area contributed by atoms with Crippen molar-refractivity contribution in [3.63, 3.8) is 0 Å². The molecule has 0 unspecified atom stereocenters. The topological polar surface area (TPSA) is 0 Å². The maximum atomic E-state index is 13.5. The highest BCUT2D eigenvalue weighted by molar-refractivity contribution is 6.59. The van der Waals surface area contributed by atoms with E-state index in [4.69, 9.17) is 0 Å². The van der Waals surface area contributed by atoms with Gasteiger partial charge in [-0.05, 0) is 48.3 Å². The van der Waals surface area contributed by atoms with Crippen molar-refractivity contribution in [3.05, 3.63) is 35.4 Å². The number of benzene rings is 1. The molecule has 3 heteroatoms. The highest BCUT2D eigenvalue weighted by Gasteiger charge is 2.26. The molecule has 1 aliphatic carbocycles. The average Bonchev–Trinajstić information content (AvgIpc) is 2.68. The molecule has 0 spiro atoms. The van der Waals surface area contributed by atoms with Crippen LogP contribution in [0.15, 0.2) is 18.2 Å². The largest absolute Gasteiger partial charge is 0.204 e. The first-order valence-electron chi connectivity index (χ1n) is 11.1. The zero-order valence-electron chi connectivity index (χ0n) is 16.5. The Bertz CT molecular complexity index is 543. The summed E-state index contributed by atoms with van der Waals surface area (Å²) >= 11 is 0. The molecule has 0 radical (unpaired) electrons. The minimum Gasteiger partial charge on any atom is -0.204 e. The first kappa shape index (κ1) is 20.0. The van der Waals surface area contributed by atoms with E-state index in [-0.39, 0.29) is 0 Å². The molecule has 146 valence electrons. The van der Waals surface area contributed by atoms with Gasteiger partial charge in [-0.2, -0.15) is 0 Å². The van der Waals surface area contributed by atoms with Gasteiger partial charge in [0, 0.05) is 8.80 Å². The Morgan fingerprint density at radius 2 is 1.54 bits per heavy atom. The van der Waals surface area contributed by atoms with Crippen LogP contribution in [0.5, 0.6) is 0 Å². The zero-order valence-corrected chi connectivity index (χ0v) is 17.6. The maximum Gasteiger partial charge on any atom is 0.159 e. The molecule has 1 aromatic carbocycles. The molecule has 2 aliphatic rings. The van der Waals surface area contributed by atoms with Gasteiger partial charge < -0.3 is 0 Å². The summed E-state index contributed by atoms with van der Waals surface area (Å²) in [7, 11) is -0.583. The van der Waals surface area contributed by atoms with E-state index in [2.05, 4.69) is 6.92 Å². The van der Waals surface area contributed by atoms with Crippen LogP contribution in [0.4, 0.5) is 8.78 Å². The third-order valence-corrected chi connectivity index (χ3v) is 10.6. The molecule has 26 heavy (non-hydrogen) atoms. The Morgan fingerprint density at radius 3 is 2.15 bits per heavy atom. The Labute approximate surface area is 160 Å². The van der Waals surface area contributed by atoms with Gasteiger partial charge >= 0.3 is 0 Å². The van der Waals surface area contributed by atoms with Gasteiger partial charge in [-0.25, -0.2) is 8.78 Å². The van der Waals surface area contributed by atoms with E-state index in [9.17, 15) is 8.78 Å². The van der Waals surface area contributed by atoms with Crippen molar-refractivity contribution < 1.29 is 8.78 Å². The fourth-order valence-electron chi connectivity index (χ4n) is 5.32. The van der Waals surface area contributed by atoms with Gasteiger partial charge in [-0.3, -0.25) is 0 Å². The van der Waals surface area contributed by atoms with Crippen molar-refractivity contribution >= 4 is 8.80 Å². The third kappa shape index (κ3) is 5.64. The Balaban J connectivity index is 1.35.